The Labute approximate surface area is 98.6 Å². The molecule has 1 heterocycles. The fourth-order valence-corrected chi connectivity index (χ4v) is 2.19. The summed E-state index contributed by atoms with van der Waals surface area (Å²) in [5, 5.41) is 3.46. The van der Waals surface area contributed by atoms with Crippen LogP contribution in [0.1, 0.15) is 39.5 Å². The van der Waals surface area contributed by atoms with Crippen LogP contribution in [0, 0.1) is 0 Å². The number of nitrogens with zero attached hydrogens (tertiary/aromatic N) is 1. The van der Waals surface area contributed by atoms with Gasteiger partial charge in [0.15, 0.2) is 0 Å². The van der Waals surface area contributed by atoms with Crippen molar-refractivity contribution in [3.8, 4) is 0 Å². The zero-order valence-corrected chi connectivity index (χ0v) is 10.5. The Morgan fingerprint density at radius 2 is 2.38 bits per heavy atom. The summed E-state index contributed by atoms with van der Waals surface area (Å²) >= 11 is 0. The number of amides is 1. The number of nitrogens with one attached hydrogen (secondary N) is 1. The van der Waals surface area contributed by atoms with Crippen molar-refractivity contribution >= 4 is 5.91 Å². The lowest BCUT2D eigenvalue weighted by Crippen LogP contribution is -2.41. The van der Waals surface area contributed by atoms with Crippen LogP contribution in [0.2, 0.25) is 0 Å². The molecule has 1 aliphatic rings. The first-order chi connectivity index (χ1) is 7.65. The van der Waals surface area contributed by atoms with Gasteiger partial charge < -0.3 is 11.1 Å². The van der Waals surface area contributed by atoms with E-state index in [9.17, 15) is 4.79 Å². The molecule has 0 aromatic heterocycles. The van der Waals surface area contributed by atoms with Crippen molar-refractivity contribution < 1.29 is 4.79 Å². The van der Waals surface area contributed by atoms with Crippen molar-refractivity contribution in [1.82, 2.24) is 10.2 Å². The van der Waals surface area contributed by atoms with Crippen molar-refractivity contribution in [2.75, 3.05) is 19.6 Å². The average molecular weight is 227 g/mol. The zero-order chi connectivity index (χ0) is 12.0. The van der Waals surface area contributed by atoms with Gasteiger partial charge in [-0.05, 0) is 45.7 Å². The average Bonchev–Trinajstić information content (AvgIpc) is 2.72. The van der Waals surface area contributed by atoms with E-state index in [2.05, 4.69) is 24.1 Å². The highest BCUT2D eigenvalue weighted by atomic mass is 16.1. The largest absolute Gasteiger partial charge is 0.368 e. The van der Waals surface area contributed by atoms with Gasteiger partial charge in [-0.15, -0.1) is 0 Å². The number of hydrogen-bond donors (Lipinski definition) is 2. The number of carbonyl (C=O) groups excluding carboxylic acids is 1. The van der Waals surface area contributed by atoms with E-state index >= 15 is 0 Å². The number of hydrogen-bond acceptors (Lipinski definition) is 3. The predicted molar refractivity (Wildman–Crippen MR) is 66.2 cm³/mol. The molecular formula is C12H25N3O. The standard InChI is InChI=1S/C12H25N3O/c1-3-10(2)14-7-5-9-15-8-4-6-11(15)12(13)16/h10-11,14H,3-9H2,1-2H3,(H2,13,16). The van der Waals surface area contributed by atoms with Crippen molar-refractivity contribution in [1.29, 1.82) is 0 Å². The van der Waals surface area contributed by atoms with Gasteiger partial charge in [0.1, 0.15) is 0 Å². The molecule has 0 aliphatic carbocycles. The molecule has 1 rings (SSSR count). The van der Waals surface area contributed by atoms with Crippen molar-refractivity contribution in [2.24, 2.45) is 5.73 Å². The van der Waals surface area contributed by atoms with Crippen LogP contribution in [-0.4, -0.2) is 42.5 Å². The minimum atomic E-state index is -0.160. The number of nitrogens with two attached hydrogens (primary N) is 1. The monoisotopic (exact) mass is 227 g/mol. The van der Waals surface area contributed by atoms with E-state index in [0.717, 1.165) is 45.3 Å². The molecule has 3 N–H and O–H groups in total. The van der Waals surface area contributed by atoms with Crippen molar-refractivity contribution in [3.05, 3.63) is 0 Å². The minimum absolute atomic E-state index is 0.0106. The molecular weight excluding hydrogens is 202 g/mol. The summed E-state index contributed by atoms with van der Waals surface area (Å²) in [5.41, 5.74) is 5.37. The Morgan fingerprint density at radius 1 is 1.62 bits per heavy atom. The first-order valence-electron chi connectivity index (χ1n) is 6.42. The molecule has 1 fully saturated rings. The van der Waals surface area contributed by atoms with Gasteiger partial charge in [-0.3, -0.25) is 9.69 Å². The van der Waals surface area contributed by atoms with Crippen LogP contribution >= 0.6 is 0 Å². The van der Waals surface area contributed by atoms with Crippen molar-refractivity contribution in [2.45, 2.75) is 51.6 Å². The van der Waals surface area contributed by atoms with E-state index in [1.54, 1.807) is 0 Å². The number of carbonyl (C=O) groups is 1. The van der Waals surface area contributed by atoms with E-state index < -0.39 is 0 Å². The van der Waals surface area contributed by atoms with E-state index in [4.69, 9.17) is 5.73 Å². The van der Waals surface area contributed by atoms with Crippen LogP contribution in [-0.2, 0) is 4.79 Å². The summed E-state index contributed by atoms with van der Waals surface area (Å²) in [5.74, 6) is -0.160. The van der Waals surface area contributed by atoms with Crippen LogP contribution in [0.3, 0.4) is 0 Å². The van der Waals surface area contributed by atoms with Crippen LogP contribution in [0.5, 0.6) is 0 Å². The summed E-state index contributed by atoms with van der Waals surface area (Å²) in [6.45, 7) is 7.41. The molecule has 1 aliphatic heterocycles. The molecule has 1 saturated heterocycles. The summed E-state index contributed by atoms with van der Waals surface area (Å²) in [7, 11) is 0. The summed E-state index contributed by atoms with van der Waals surface area (Å²) in [4.78, 5) is 13.4. The lowest BCUT2D eigenvalue weighted by molar-refractivity contribution is -0.122. The maximum absolute atomic E-state index is 11.2. The maximum atomic E-state index is 11.2. The second-order valence-electron chi connectivity index (χ2n) is 4.71. The quantitative estimate of drug-likeness (QED) is 0.630. The SMILES string of the molecule is CCC(C)NCCCN1CCCC1C(N)=O. The van der Waals surface area contributed by atoms with Gasteiger partial charge >= 0.3 is 0 Å². The molecule has 4 heteroatoms. The Balaban J connectivity index is 2.15. The van der Waals surface area contributed by atoms with Crippen LogP contribution in [0.4, 0.5) is 0 Å². The van der Waals surface area contributed by atoms with Crippen LogP contribution in [0.15, 0.2) is 0 Å². The van der Waals surface area contributed by atoms with Crippen LogP contribution in [0.25, 0.3) is 0 Å². The molecule has 0 radical (unpaired) electrons. The molecule has 0 spiro atoms. The fraction of sp³-hybridized carbons (Fsp3) is 0.917. The predicted octanol–water partition coefficient (Wildman–Crippen LogP) is 0.714. The summed E-state index contributed by atoms with van der Waals surface area (Å²) in [6.07, 6.45) is 4.29. The summed E-state index contributed by atoms with van der Waals surface area (Å²) in [6, 6.07) is 0.578. The molecule has 0 aromatic carbocycles. The van der Waals surface area contributed by atoms with Gasteiger partial charge in [-0.25, -0.2) is 0 Å². The van der Waals surface area contributed by atoms with Gasteiger partial charge in [0.05, 0.1) is 6.04 Å². The van der Waals surface area contributed by atoms with Gasteiger partial charge in [-0.2, -0.15) is 0 Å². The second kappa shape index (κ2) is 6.86. The molecule has 0 aromatic rings. The third-order valence-electron chi connectivity index (χ3n) is 3.42. The Hall–Kier alpha value is -0.610. The molecule has 4 nitrogen and oxygen atoms in total. The summed E-state index contributed by atoms with van der Waals surface area (Å²) < 4.78 is 0. The Kier molecular flexibility index (Phi) is 5.77. The van der Waals surface area contributed by atoms with E-state index in [1.165, 1.54) is 0 Å². The zero-order valence-electron chi connectivity index (χ0n) is 10.5. The number of rotatable bonds is 7. The molecule has 16 heavy (non-hydrogen) atoms. The molecule has 94 valence electrons. The Bertz CT molecular complexity index is 220. The lowest BCUT2D eigenvalue weighted by Gasteiger charge is -2.22. The van der Waals surface area contributed by atoms with Gasteiger partial charge in [0.2, 0.25) is 5.91 Å². The highest BCUT2D eigenvalue weighted by Gasteiger charge is 2.27. The fourth-order valence-electron chi connectivity index (χ4n) is 2.19. The first-order valence-corrected chi connectivity index (χ1v) is 6.42. The molecule has 2 atom stereocenters. The first kappa shape index (κ1) is 13.5. The molecule has 0 saturated carbocycles. The third kappa shape index (κ3) is 4.10. The Morgan fingerprint density at radius 3 is 3.00 bits per heavy atom. The van der Waals surface area contributed by atoms with E-state index in [-0.39, 0.29) is 11.9 Å². The van der Waals surface area contributed by atoms with Gasteiger partial charge in [0, 0.05) is 12.6 Å². The second-order valence-corrected chi connectivity index (χ2v) is 4.71. The number of likely N-dealkylation sites (tertiary alicyclic amines) is 1. The minimum Gasteiger partial charge on any atom is -0.368 e. The van der Waals surface area contributed by atoms with Gasteiger partial charge in [-0.1, -0.05) is 6.92 Å². The number of primary amides is 1. The topological polar surface area (TPSA) is 58.4 Å². The lowest BCUT2D eigenvalue weighted by atomic mass is 10.2. The van der Waals surface area contributed by atoms with Crippen molar-refractivity contribution in [3.63, 3.8) is 0 Å². The normalized spacial score (nSPS) is 23.5. The molecule has 1 amide bonds. The van der Waals surface area contributed by atoms with Crippen LogP contribution < -0.4 is 11.1 Å². The smallest absolute Gasteiger partial charge is 0.234 e. The van der Waals surface area contributed by atoms with E-state index in [0.29, 0.717) is 6.04 Å². The highest BCUT2D eigenvalue weighted by Crippen LogP contribution is 2.16. The molecule has 2 unspecified atom stereocenters. The maximum Gasteiger partial charge on any atom is 0.234 e. The third-order valence-corrected chi connectivity index (χ3v) is 3.42. The van der Waals surface area contributed by atoms with Gasteiger partial charge in [0.25, 0.3) is 0 Å². The highest BCUT2D eigenvalue weighted by molar-refractivity contribution is 5.80. The van der Waals surface area contributed by atoms with E-state index in [1.807, 2.05) is 0 Å². The molecule has 0 bridgehead atoms.